The highest BCUT2D eigenvalue weighted by molar-refractivity contribution is 7.20. The van der Waals surface area contributed by atoms with Gasteiger partial charge in [0, 0.05) is 17.9 Å². The first kappa shape index (κ1) is 21.9. The molecule has 174 valence electrons. The van der Waals surface area contributed by atoms with Crippen LogP contribution in [0.25, 0.3) is 15.3 Å². The zero-order valence-corrected chi connectivity index (χ0v) is 19.7. The van der Waals surface area contributed by atoms with E-state index in [0.717, 1.165) is 32.6 Å². The lowest BCUT2D eigenvalue weighted by Gasteiger charge is -2.24. The van der Waals surface area contributed by atoms with E-state index in [0.29, 0.717) is 22.4 Å². The number of nitrogens with zero attached hydrogens (tertiary/aromatic N) is 3. The minimum atomic E-state index is -0.576. The highest BCUT2D eigenvalue weighted by Gasteiger charge is 2.33. The van der Waals surface area contributed by atoms with Gasteiger partial charge in [0.05, 0.1) is 23.0 Å². The maximum atomic E-state index is 12.7. The molecule has 0 saturated heterocycles. The van der Waals surface area contributed by atoms with Crippen LogP contribution in [0.1, 0.15) is 34.7 Å². The molecule has 2 aromatic carbocycles. The molecule has 1 unspecified atom stereocenters. The number of carbonyl (C=O) groups excluding carboxylic acids is 2. The summed E-state index contributed by atoms with van der Waals surface area (Å²) in [6, 6.07) is 11.5. The van der Waals surface area contributed by atoms with E-state index in [4.69, 9.17) is 25.3 Å². The minimum absolute atomic E-state index is 0.108. The number of anilines is 1. The van der Waals surface area contributed by atoms with E-state index in [1.165, 1.54) is 18.4 Å². The molecule has 10 heteroatoms. The molecule has 0 saturated carbocycles. The third kappa shape index (κ3) is 3.86. The molecule has 2 amide bonds. The Bertz CT molecular complexity index is 1440. The van der Waals surface area contributed by atoms with Gasteiger partial charge in [0.1, 0.15) is 5.82 Å². The molecule has 3 N–H and O–H groups in total. The van der Waals surface area contributed by atoms with Gasteiger partial charge in [-0.25, -0.2) is 4.98 Å². The molecule has 0 fully saturated rings. The lowest BCUT2D eigenvalue weighted by molar-refractivity contribution is -0.120. The molecule has 1 aliphatic heterocycles. The van der Waals surface area contributed by atoms with E-state index in [9.17, 15) is 9.59 Å². The minimum Gasteiger partial charge on any atom is -0.493 e. The van der Waals surface area contributed by atoms with Gasteiger partial charge in [-0.05, 0) is 49.2 Å². The number of aryl methyl sites for hydroxylation is 2. The second-order valence-corrected chi connectivity index (χ2v) is 9.21. The molecule has 5 rings (SSSR count). The first-order valence-corrected chi connectivity index (χ1v) is 11.5. The van der Waals surface area contributed by atoms with Crippen molar-refractivity contribution in [2.24, 2.45) is 5.73 Å². The molecule has 0 radical (unpaired) electrons. The number of carbonyl (C=O) groups is 2. The molecule has 3 heterocycles. The molecule has 0 bridgehead atoms. The summed E-state index contributed by atoms with van der Waals surface area (Å²) in [6.07, 6.45) is 0.267. The van der Waals surface area contributed by atoms with Gasteiger partial charge in [-0.1, -0.05) is 23.5 Å². The SMILES string of the molecule is COc1cc(C2CC(=O)Nc3c2c(C)nn3-c2nc3ccc(C)cc3s2)ccc1OCC(N)=O. The molecule has 4 aromatic rings. The van der Waals surface area contributed by atoms with E-state index in [1.54, 1.807) is 10.7 Å². The summed E-state index contributed by atoms with van der Waals surface area (Å²) in [4.78, 5) is 28.6. The molecule has 1 atom stereocenters. The van der Waals surface area contributed by atoms with Crippen molar-refractivity contribution in [2.75, 3.05) is 19.0 Å². The zero-order valence-electron chi connectivity index (χ0n) is 18.9. The van der Waals surface area contributed by atoms with E-state index < -0.39 is 5.91 Å². The highest BCUT2D eigenvalue weighted by atomic mass is 32.1. The number of thiazole rings is 1. The molecule has 0 aliphatic carbocycles. The van der Waals surface area contributed by atoms with Crippen molar-refractivity contribution in [3.8, 4) is 16.6 Å². The Kier molecular flexibility index (Phi) is 5.45. The maximum Gasteiger partial charge on any atom is 0.255 e. The Morgan fingerprint density at radius 2 is 2.06 bits per heavy atom. The van der Waals surface area contributed by atoms with Crippen LogP contribution in [-0.4, -0.2) is 40.3 Å². The van der Waals surface area contributed by atoms with Crippen LogP contribution < -0.4 is 20.5 Å². The second-order valence-electron chi connectivity index (χ2n) is 8.20. The van der Waals surface area contributed by atoms with Crippen LogP contribution in [0.3, 0.4) is 0 Å². The van der Waals surface area contributed by atoms with Crippen molar-refractivity contribution in [3.05, 3.63) is 58.8 Å². The van der Waals surface area contributed by atoms with Gasteiger partial charge >= 0.3 is 0 Å². The summed E-state index contributed by atoms with van der Waals surface area (Å²) in [5.74, 6) is 0.577. The first-order valence-electron chi connectivity index (χ1n) is 10.7. The normalized spacial score (nSPS) is 15.1. The fraction of sp³-hybridized carbons (Fsp3) is 0.250. The quantitative estimate of drug-likeness (QED) is 0.439. The van der Waals surface area contributed by atoms with Crippen LogP contribution >= 0.6 is 11.3 Å². The van der Waals surface area contributed by atoms with Crippen LogP contribution in [-0.2, 0) is 9.59 Å². The number of ether oxygens (including phenoxy) is 2. The third-order valence-electron chi connectivity index (χ3n) is 5.78. The number of fused-ring (bicyclic) bond motifs is 2. The number of nitrogens with two attached hydrogens (primary N) is 1. The van der Waals surface area contributed by atoms with Gasteiger partial charge in [-0.2, -0.15) is 9.78 Å². The number of hydrogen-bond acceptors (Lipinski definition) is 7. The summed E-state index contributed by atoms with van der Waals surface area (Å²) in [5.41, 5.74) is 9.85. The predicted octanol–water partition coefficient (Wildman–Crippen LogP) is 3.45. The largest absolute Gasteiger partial charge is 0.493 e. The number of primary amides is 1. The average Bonchev–Trinajstić information content (AvgIpc) is 3.37. The van der Waals surface area contributed by atoms with Gasteiger partial charge in [0.25, 0.3) is 5.91 Å². The predicted molar refractivity (Wildman–Crippen MR) is 129 cm³/mol. The second kappa shape index (κ2) is 8.45. The van der Waals surface area contributed by atoms with Gasteiger partial charge < -0.3 is 20.5 Å². The number of aromatic nitrogens is 3. The Hall–Kier alpha value is -3.92. The van der Waals surface area contributed by atoms with Crippen molar-refractivity contribution < 1.29 is 19.1 Å². The summed E-state index contributed by atoms with van der Waals surface area (Å²) < 4.78 is 13.7. The lowest BCUT2D eigenvalue weighted by atomic mass is 9.85. The van der Waals surface area contributed by atoms with Crippen molar-refractivity contribution in [2.45, 2.75) is 26.2 Å². The van der Waals surface area contributed by atoms with E-state index in [1.807, 2.05) is 38.1 Å². The highest BCUT2D eigenvalue weighted by Crippen LogP contribution is 2.43. The zero-order chi connectivity index (χ0) is 24.0. The van der Waals surface area contributed by atoms with Crippen molar-refractivity contribution in [1.29, 1.82) is 0 Å². The summed E-state index contributed by atoms with van der Waals surface area (Å²) >= 11 is 1.53. The van der Waals surface area contributed by atoms with Gasteiger partial charge in [-0.3, -0.25) is 9.59 Å². The van der Waals surface area contributed by atoms with Crippen molar-refractivity contribution in [1.82, 2.24) is 14.8 Å². The topological polar surface area (TPSA) is 121 Å². The van der Waals surface area contributed by atoms with E-state index in [-0.39, 0.29) is 24.9 Å². The Balaban J connectivity index is 1.57. The third-order valence-corrected chi connectivity index (χ3v) is 6.77. The Morgan fingerprint density at radius 1 is 1.24 bits per heavy atom. The van der Waals surface area contributed by atoms with Gasteiger partial charge in [0.2, 0.25) is 11.0 Å². The number of hydrogen-bond donors (Lipinski definition) is 2. The van der Waals surface area contributed by atoms with Crippen LogP contribution in [0.4, 0.5) is 5.82 Å². The Labute approximate surface area is 199 Å². The number of benzene rings is 2. The maximum absolute atomic E-state index is 12.7. The summed E-state index contributed by atoms with van der Waals surface area (Å²) in [5, 5.41) is 8.43. The average molecular weight is 478 g/mol. The van der Waals surface area contributed by atoms with Gasteiger partial charge in [0.15, 0.2) is 18.1 Å². The molecule has 1 aliphatic rings. The van der Waals surface area contributed by atoms with Gasteiger partial charge in [-0.15, -0.1) is 0 Å². The summed E-state index contributed by atoms with van der Waals surface area (Å²) in [7, 11) is 1.52. The number of methoxy groups -OCH3 is 1. The van der Waals surface area contributed by atoms with Crippen LogP contribution in [0, 0.1) is 13.8 Å². The van der Waals surface area contributed by atoms with Crippen LogP contribution in [0.2, 0.25) is 0 Å². The van der Waals surface area contributed by atoms with E-state index >= 15 is 0 Å². The molecular weight excluding hydrogens is 454 g/mol. The molecule has 34 heavy (non-hydrogen) atoms. The first-order chi connectivity index (χ1) is 16.3. The number of nitrogens with one attached hydrogen (secondary N) is 1. The number of amides is 2. The molecular formula is C24H23N5O4S. The van der Waals surface area contributed by atoms with Crippen molar-refractivity contribution >= 4 is 39.2 Å². The smallest absolute Gasteiger partial charge is 0.255 e. The fourth-order valence-electron chi connectivity index (χ4n) is 4.25. The Morgan fingerprint density at radius 3 is 2.82 bits per heavy atom. The van der Waals surface area contributed by atoms with Crippen LogP contribution in [0.15, 0.2) is 36.4 Å². The molecule has 9 nitrogen and oxygen atoms in total. The fourth-order valence-corrected chi connectivity index (χ4v) is 5.27. The van der Waals surface area contributed by atoms with Crippen LogP contribution in [0.5, 0.6) is 11.5 Å². The standard InChI is InChI=1S/C24H23N5O4S/c1-12-4-6-16-19(8-12)34-24(26-16)29-23-22(13(2)28-29)15(10-21(31)27-23)14-5-7-17(18(9-14)32-3)33-11-20(25)30/h4-9,15H,10-11H2,1-3H3,(H2,25,30)(H,27,31). The number of rotatable bonds is 6. The monoisotopic (exact) mass is 477 g/mol. The molecule has 0 spiro atoms. The van der Waals surface area contributed by atoms with E-state index in [2.05, 4.69) is 11.4 Å². The van der Waals surface area contributed by atoms with Crippen molar-refractivity contribution in [3.63, 3.8) is 0 Å². The molecule has 2 aromatic heterocycles. The summed E-state index contributed by atoms with van der Waals surface area (Å²) in [6.45, 7) is 3.72. The lowest BCUT2D eigenvalue weighted by Crippen LogP contribution is -2.25.